The molecule has 21 heavy (non-hydrogen) atoms. The van der Waals surface area contributed by atoms with E-state index in [-0.39, 0.29) is 24.4 Å². The molecule has 2 rings (SSSR count). The number of nitrogens with one attached hydrogen (secondary N) is 2. The maximum Gasteiger partial charge on any atom is 0.417 e. The van der Waals surface area contributed by atoms with Crippen LogP contribution in [0.3, 0.4) is 0 Å². The fraction of sp³-hybridized carbons (Fsp3) is 0.400. The summed E-state index contributed by atoms with van der Waals surface area (Å²) in [5, 5.41) is 10.1. The van der Waals surface area contributed by atoms with Crippen molar-refractivity contribution in [2.24, 2.45) is 5.92 Å². The Morgan fingerprint density at radius 3 is 2.67 bits per heavy atom. The minimum atomic E-state index is -0.673. The second-order valence-corrected chi connectivity index (χ2v) is 5.39. The summed E-state index contributed by atoms with van der Waals surface area (Å²) in [4.78, 5) is 25.0. The van der Waals surface area contributed by atoms with E-state index in [1.807, 2.05) is 44.2 Å². The molecule has 0 saturated carbocycles. The first-order valence-electron chi connectivity index (χ1n) is 6.88. The van der Waals surface area contributed by atoms with Crippen molar-refractivity contribution in [3.05, 3.63) is 35.9 Å². The van der Waals surface area contributed by atoms with Gasteiger partial charge in [-0.2, -0.15) is 0 Å². The lowest BCUT2D eigenvalue weighted by Crippen LogP contribution is -2.41. The Morgan fingerprint density at radius 1 is 1.38 bits per heavy atom. The molecule has 0 radical (unpaired) electrons. The number of guanidine groups is 1. The topological polar surface area (TPSA) is 82.5 Å². The summed E-state index contributed by atoms with van der Waals surface area (Å²) >= 11 is 0. The summed E-state index contributed by atoms with van der Waals surface area (Å²) in [6.07, 6.45) is -0.179. The molecule has 0 spiro atoms. The standard InChI is InChI=1S/C15H19N3O3/c1-10(2)8-12-13(19)17-14(16)18(12)15(20)21-9-11-6-4-3-5-7-11/h3-7,10,12H,8-9H2,1-2H3,(H2,16,17,19)/t12-/m1/s1. The predicted molar refractivity (Wildman–Crippen MR) is 77.6 cm³/mol. The lowest BCUT2D eigenvalue weighted by Gasteiger charge is -2.22. The lowest BCUT2D eigenvalue weighted by molar-refractivity contribution is -0.121. The van der Waals surface area contributed by atoms with Crippen LogP contribution < -0.4 is 5.32 Å². The maximum absolute atomic E-state index is 12.1. The number of hydrogen-bond acceptors (Lipinski definition) is 4. The normalized spacial score (nSPS) is 18.0. The molecule has 6 nitrogen and oxygen atoms in total. The van der Waals surface area contributed by atoms with Crippen molar-refractivity contribution in [3.63, 3.8) is 0 Å². The SMILES string of the molecule is CC(C)C[C@@H]1C(=O)NC(=N)N1C(=O)OCc1ccccc1. The first kappa shape index (κ1) is 15.0. The molecule has 1 aliphatic rings. The van der Waals surface area contributed by atoms with Gasteiger partial charge >= 0.3 is 6.09 Å². The monoisotopic (exact) mass is 289 g/mol. The Bertz CT molecular complexity index is 542. The summed E-state index contributed by atoms with van der Waals surface area (Å²) in [7, 11) is 0. The van der Waals surface area contributed by atoms with Crippen LogP contribution in [0.2, 0.25) is 0 Å². The van der Waals surface area contributed by atoms with Crippen molar-refractivity contribution in [2.45, 2.75) is 32.9 Å². The van der Waals surface area contributed by atoms with Gasteiger partial charge in [0.1, 0.15) is 12.6 Å². The number of hydrogen-bond donors (Lipinski definition) is 2. The van der Waals surface area contributed by atoms with Crippen LogP contribution in [0, 0.1) is 11.3 Å². The Kier molecular flexibility index (Phi) is 4.57. The van der Waals surface area contributed by atoms with E-state index in [0.29, 0.717) is 6.42 Å². The highest BCUT2D eigenvalue weighted by atomic mass is 16.6. The second kappa shape index (κ2) is 6.39. The molecule has 0 aromatic heterocycles. The van der Waals surface area contributed by atoms with E-state index in [1.165, 1.54) is 0 Å². The molecule has 0 aliphatic carbocycles. The van der Waals surface area contributed by atoms with Crippen molar-refractivity contribution in [2.75, 3.05) is 0 Å². The van der Waals surface area contributed by atoms with Crippen LogP contribution in [-0.4, -0.2) is 28.9 Å². The molecule has 1 atom stereocenters. The van der Waals surface area contributed by atoms with Gasteiger partial charge in [-0.15, -0.1) is 0 Å². The van der Waals surface area contributed by atoms with Gasteiger partial charge in [0, 0.05) is 0 Å². The summed E-state index contributed by atoms with van der Waals surface area (Å²) in [6, 6.07) is 8.61. The Balaban J connectivity index is 2.02. The van der Waals surface area contributed by atoms with Gasteiger partial charge in [-0.25, -0.2) is 9.69 Å². The first-order chi connectivity index (χ1) is 9.99. The quantitative estimate of drug-likeness (QED) is 0.890. The van der Waals surface area contributed by atoms with Crippen LogP contribution in [-0.2, 0) is 16.1 Å². The number of nitrogens with zero attached hydrogens (tertiary/aromatic N) is 1. The van der Waals surface area contributed by atoms with Crippen LogP contribution in [0.5, 0.6) is 0 Å². The van der Waals surface area contributed by atoms with E-state index in [2.05, 4.69) is 5.32 Å². The van der Waals surface area contributed by atoms with E-state index in [9.17, 15) is 9.59 Å². The molecule has 1 aromatic rings. The molecule has 112 valence electrons. The van der Waals surface area contributed by atoms with Crippen molar-refractivity contribution < 1.29 is 14.3 Å². The average molecular weight is 289 g/mol. The van der Waals surface area contributed by atoms with Crippen molar-refractivity contribution >= 4 is 18.0 Å². The molecule has 1 heterocycles. The van der Waals surface area contributed by atoms with Crippen LogP contribution in [0.4, 0.5) is 4.79 Å². The number of ether oxygens (including phenoxy) is 1. The van der Waals surface area contributed by atoms with Crippen LogP contribution >= 0.6 is 0 Å². The van der Waals surface area contributed by atoms with Gasteiger partial charge in [-0.3, -0.25) is 15.5 Å². The third kappa shape index (κ3) is 3.59. The molecule has 0 bridgehead atoms. The average Bonchev–Trinajstić information content (AvgIpc) is 2.71. The fourth-order valence-electron chi connectivity index (χ4n) is 2.20. The predicted octanol–water partition coefficient (Wildman–Crippen LogP) is 2.10. The molecule has 2 amide bonds. The first-order valence-corrected chi connectivity index (χ1v) is 6.88. The Morgan fingerprint density at radius 2 is 2.05 bits per heavy atom. The highest BCUT2D eigenvalue weighted by molar-refractivity contribution is 6.11. The van der Waals surface area contributed by atoms with Crippen LogP contribution in [0.15, 0.2) is 30.3 Å². The van der Waals surface area contributed by atoms with Crippen molar-refractivity contribution in [1.82, 2.24) is 10.2 Å². The smallest absolute Gasteiger partial charge is 0.417 e. The van der Waals surface area contributed by atoms with Crippen molar-refractivity contribution in [3.8, 4) is 0 Å². The maximum atomic E-state index is 12.1. The number of amides is 2. The molecule has 6 heteroatoms. The summed E-state index contributed by atoms with van der Waals surface area (Å²) in [5.74, 6) is -0.315. The van der Waals surface area contributed by atoms with E-state index in [1.54, 1.807) is 0 Å². The van der Waals surface area contributed by atoms with Gasteiger partial charge in [0.05, 0.1) is 0 Å². The number of carbonyl (C=O) groups excluding carboxylic acids is 2. The highest BCUT2D eigenvalue weighted by Crippen LogP contribution is 2.18. The van der Waals surface area contributed by atoms with Gasteiger partial charge in [-0.05, 0) is 17.9 Å². The van der Waals surface area contributed by atoms with Gasteiger partial charge in [-0.1, -0.05) is 44.2 Å². The third-order valence-corrected chi connectivity index (χ3v) is 3.19. The largest absolute Gasteiger partial charge is 0.444 e. The molecule has 1 aromatic carbocycles. The van der Waals surface area contributed by atoms with Gasteiger partial charge < -0.3 is 4.74 Å². The summed E-state index contributed by atoms with van der Waals surface area (Å²) < 4.78 is 5.20. The zero-order valence-electron chi connectivity index (χ0n) is 12.1. The Labute approximate surface area is 123 Å². The van der Waals surface area contributed by atoms with E-state index >= 15 is 0 Å². The summed E-state index contributed by atoms with van der Waals surface area (Å²) in [6.45, 7) is 4.04. The second-order valence-electron chi connectivity index (χ2n) is 5.39. The molecule has 1 aliphatic heterocycles. The van der Waals surface area contributed by atoms with E-state index in [4.69, 9.17) is 10.1 Å². The molecule has 2 N–H and O–H groups in total. The summed E-state index contributed by atoms with van der Waals surface area (Å²) in [5.41, 5.74) is 0.858. The van der Waals surface area contributed by atoms with Crippen molar-refractivity contribution in [1.29, 1.82) is 5.41 Å². The zero-order chi connectivity index (χ0) is 15.4. The van der Waals surface area contributed by atoms with Crippen LogP contribution in [0.1, 0.15) is 25.8 Å². The van der Waals surface area contributed by atoms with Gasteiger partial charge in [0.2, 0.25) is 11.9 Å². The Hall–Kier alpha value is -2.37. The minimum absolute atomic E-state index is 0.117. The molecular formula is C15H19N3O3. The number of benzene rings is 1. The van der Waals surface area contributed by atoms with Crippen LogP contribution in [0.25, 0.3) is 0 Å². The van der Waals surface area contributed by atoms with E-state index < -0.39 is 12.1 Å². The third-order valence-electron chi connectivity index (χ3n) is 3.19. The number of carbonyl (C=O) groups is 2. The van der Waals surface area contributed by atoms with E-state index in [0.717, 1.165) is 10.5 Å². The molecule has 0 unspecified atom stereocenters. The lowest BCUT2D eigenvalue weighted by atomic mass is 10.0. The highest BCUT2D eigenvalue weighted by Gasteiger charge is 2.41. The fourth-order valence-corrected chi connectivity index (χ4v) is 2.20. The minimum Gasteiger partial charge on any atom is -0.444 e. The number of rotatable bonds is 4. The molecular weight excluding hydrogens is 270 g/mol. The van der Waals surface area contributed by atoms with Gasteiger partial charge in [0.25, 0.3) is 0 Å². The molecule has 1 saturated heterocycles. The molecule has 1 fully saturated rings. The zero-order valence-corrected chi connectivity index (χ0v) is 12.1. The van der Waals surface area contributed by atoms with Gasteiger partial charge in [0.15, 0.2) is 0 Å².